The van der Waals surface area contributed by atoms with E-state index in [0.717, 1.165) is 0 Å². The van der Waals surface area contributed by atoms with Crippen molar-refractivity contribution < 1.29 is 52.1 Å². The van der Waals surface area contributed by atoms with Gasteiger partial charge in [0.15, 0.2) is 11.5 Å². The Labute approximate surface area is 213 Å². The van der Waals surface area contributed by atoms with E-state index < -0.39 is 39.3 Å². The molecular formula is C18H24Cl2HgN4O7S. The number of aliphatic carboxylic acids is 1. The number of aromatic hydroxyl groups is 2. The number of halogens is 2. The number of aliphatic hydroxyl groups excluding tert-OH is 1. The fourth-order valence-corrected chi connectivity index (χ4v) is 3.44. The molecule has 2 aromatic rings. The molecule has 0 bridgehead atoms. The van der Waals surface area contributed by atoms with Crippen LogP contribution in [0.5, 0.6) is 11.5 Å². The first-order chi connectivity index (χ1) is 15.4. The molecule has 15 heteroatoms. The van der Waals surface area contributed by atoms with Crippen molar-refractivity contribution in [3.05, 3.63) is 46.5 Å². The number of phenols is 2. The Hall–Kier alpha value is -1.28. The van der Waals surface area contributed by atoms with E-state index in [-0.39, 0.29) is 42.0 Å². The minimum absolute atomic E-state index is 0.0572. The van der Waals surface area contributed by atoms with Crippen LogP contribution in [0.1, 0.15) is 18.7 Å². The Balaban J connectivity index is 0.000000295. The van der Waals surface area contributed by atoms with E-state index in [9.17, 15) is 14.7 Å². The van der Waals surface area contributed by atoms with Gasteiger partial charge < -0.3 is 36.6 Å². The first-order valence-corrected chi connectivity index (χ1v) is 23.9. The van der Waals surface area contributed by atoms with Crippen molar-refractivity contribution in [2.75, 3.05) is 18.1 Å². The van der Waals surface area contributed by atoms with E-state index in [1.807, 2.05) is 0 Å². The van der Waals surface area contributed by atoms with Crippen LogP contribution in [0.2, 0.25) is 0 Å². The van der Waals surface area contributed by atoms with Gasteiger partial charge in [-0.3, -0.25) is 9.36 Å². The summed E-state index contributed by atoms with van der Waals surface area (Å²) in [5, 5.41) is 35.9. The van der Waals surface area contributed by atoms with Crippen LogP contribution in [0.3, 0.4) is 0 Å². The third kappa shape index (κ3) is 9.85. The third-order valence-electron chi connectivity index (χ3n) is 4.14. The standard InChI is InChI=1S/C10H13NO4.C8H11N3O3S.2ClH.Hg/c1-10(11,9(14)15)5-6-2-3-7(12)8(13)4-6;9-5-1-2-11(8(13)10-5)6-4-15-7(3-12)14-6;;;/h2-4,12-13H,5,11H2,1H3,(H,14,15);1-2,6-7,12H,3-4H2,(H2,9,10,13);2*1H;/q;;;;+2/p-2/t10-;6-,7+;;;/m01.../s1. The van der Waals surface area contributed by atoms with Crippen molar-refractivity contribution >= 4 is 40.0 Å². The fourth-order valence-electron chi connectivity index (χ4n) is 2.51. The number of hydrogen-bond acceptors (Lipinski definition) is 10. The van der Waals surface area contributed by atoms with Crippen molar-refractivity contribution in [2.45, 2.75) is 30.5 Å². The number of thioether (sulfide) groups is 1. The van der Waals surface area contributed by atoms with Crippen molar-refractivity contribution in [1.29, 1.82) is 0 Å². The molecular weight excluding hydrogens is 688 g/mol. The molecule has 1 aromatic carbocycles. The van der Waals surface area contributed by atoms with Gasteiger partial charge in [-0.25, -0.2) is 4.79 Å². The number of carboxylic acids is 1. The number of nitrogens with zero attached hydrogens (tertiary/aromatic N) is 2. The summed E-state index contributed by atoms with van der Waals surface area (Å²) in [6, 6.07) is 5.65. The molecule has 0 unspecified atom stereocenters. The summed E-state index contributed by atoms with van der Waals surface area (Å²) in [7, 11) is 9.97. The number of aliphatic hydroxyl groups is 1. The molecule has 180 valence electrons. The zero-order valence-corrected chi connectivity index (χ0v) is 25.4. The quantitative estimate of drug-likeness (QED) is 0.193. The second-order valence-corrected chi connectivity index (χ2v) is 16.0. The van der Waals surface area contributed by atoms with Crippen molar-refractivity contribution in [3.8, 4) is 11.5 Å². The molecule has 0 aliphatic carbocycles. The van der Waals surface area contributed by atoms with Gasteiger partial charge in [0.25, 0.3) is 0 Å². The van der Waals surface area contributed by atoms with Gasteiger partial charge in [-0.2, -0.15) is 4.98 Å². The number of nitrogen functional groups attached to an aromatic ring is 1. The summed E-state index contributed by atoms with van der Waals surface area (Å²) in [6.45, 7) is 1.33. The molecule has 1 aliphatic rings. The third-order valence-corrected chi connectivity index (χ3v) is 5.25. The van der Waals surface area contributed by atoms with Crippen LogP contribution in [-0.4, -0.2) is 59.3 Å². The van der Waals surface area contributed by atoms with Crippen LogP contribution in [-0.2, 0) is 38.1 Å². The van der Waals surface area contributed by atoms with Crippen LogP contribution in [0, 0.1) is 0 Å². The number of rotatable bonds is 5. The van der Waals surface area contributed by atoms with E-state index in [0.29, 0.717) is 11.3 Å². The summed E-state index contributed by atoms with van der Waals surface area (Å²) in [5.74, 6) is -0.825. The van der Waals surface area contributed by atoms with E-state index in [4.69, 9.17) is 48.0 Å². The molecule has 11 nitrogen and oxygen atoms in total. The first-order valence-electron chi connectivity index (χ1n) is 9.32. The van der Waals surface area contributed by atoms with Gasteiger partial charge >= 0.3 is 50.3 Å². The summed E-state index contributed by atoms with van der Waals surface area (Å²) in [5.41, 5.74) is 9.38. The van der Waals surface area contributed by atoms with Crippen molar-refractivity contribution in [1.82, 2.24) is 9.55 Å². The first kappa shape index (κ1) is 29.7. The average molecular weight is 712 g/mol. The van der Waals surface area contributed by atoms with E-state index in [2.05, 4.69) is 4.98 Å². The van der Waals surface area contributed by atoms with Gasteiger partial charge in [0.05, 0.1) is 6.61 Å². The normalized spacial score (nSPS) is 18.6. The number of benzene rings is 1. The molecule has 33 heavy (non-hydrogen) atoms. The Bertz CT molecular complexity index is 983. The van der Waals surface area contributed by atoms with E-state index in [1.165, 1.54) is 41.5 Å². The van der Waals surface area contributed by atoms with E-state index in [1.54, 1.807) is 12.3 Å². The Kier molecular flexibility index (Phi) is 12.8. The summed E-state index contributed by atoms with van der Waals surface area (Å²) in [6.07, 6.45) is 1.26. The molecule has 3 atom stereocenters. The van der Waals surface area contributed by atoms with Crippen LogP contribution in [0.4, 0.5) is 5.82 Å². The number of anilines is 1. The molecule has 1 saturated heterocycles. The van der Waals surface area contributed by atoms with Gasteiger partial charge in [-0.15, -0.1) is 11.8 Å². The minimum atomic E-state index is -1.39. The average Bonchev–Trinajstić information content (AvgIpc) is 3.20. The maximum atomic E-state index is 11.4. The molecule has 8 N–H and O–H groups in total. The molecule has 0 saturated carbocycles. The van der Waals surface area contributed by atoms with Crippen molar-refractivity contribution in [3.63, 3.8) is 0 Å². The number of aromatic nitrogens is 2. The number of nitrogens with two attached hydrogens (primary N) is 2. The number of carbonyl (C=O) groups is 1. The van der Waals surface area contributed by atoms with Crippen LogP contribution in [0.15, 0.2) is 35.3 Å². The van der Waals surface area contributed by atoms with Gasteiger partial charge in [-0.1, -0.05) is 6.07 Å². The molecule has 0 spiro atoms. The Morgan fingerprint density at radius 2 is 2.00 bits per heavy atom. The summed E-state index contributed by atoms with van der Waals surface area (Å²) in [4.78, 5) is 25.8. The monoisotopic (exact) mass is 712 g/mol. The van der Waals surface area contributed by atoms with Gasteiger partial charge in [0.2, 0.25) is 0 Å². The zero-order valence-electron chi connectivity index (χ0n) is 17.6. The number of ether oxygens (including phenoxy) is 1. The van der Waals surface area contributed by atoms with Crippen LogP contribution < -0.4 is 17.2 Å². The second kappa shape index (κ2) is 14.2. The molecule has 2 heterocycles. The maximum absolute atomic E-state index is 11.4. The predicted molar refractivity (Wildman–Crippen MR) is 122 cm³/mol. The van der Waals surface area contributed by atoms with Gasteiger partial charge in [0, 0.05) is 18.4 Å². The topological polar surface area (TPSA) is 194 Å². The zero-order chi connectivity index (χ0) is 25.2. The second-order valence-electron chi connectivity index (χ2n) is 6.90. The predicted octanol–water partition coefficient (Wildman–Crippen LogP) is 1.22. The summed E-state index contributed by atoms with van der Waals surface area (Å²) >= 11 is 0.328. The number of phenolic OH excluding ortho intramolecular Hbond substituents is 2. The molecule has 1 aromatic heterocycles. The molecule has 1 fully saturated rings. The van der Waals surface area contributed by atoms with E-state index >= 15 is 0 Å². The Morgan fingerprint density at radius 1 is 1.36 bits per heavy atom. The molecule has 3 rings (SSSR count). The Morgan fingerprint density at radius 3 is 2.48 bits per heavy atom. The van der Waals surface area contributed by atoms with Crippen LogP contribution in [0.25, 0.3) is 0 Å². The number of carboxylic acid groups (broad SMARTS) is 1. The van der Waals surface area contributed by atoms with Crippen molar-refractivity contribution in [2.24, 2.45) is 5.73 Å². The molecule has 0 radical (unpaired) electrons. The van der Waals surface area contributed by atoms with Gasteiger partial charge in [0.1, 0.15) is 23.0 Å². The molecule has 0 amide bonds. The summed E-state index contributed by atoms with van der Waals surface area (Å²) < 4.78 is 6.79. The fraction of sp³-hybridized carbons (Fsp3) is 0.389. The molecule has 1 aliphatic heterocycles. The van der Waals surface area contributed by atoms with Gasteiger partial charge in [-0.05, 0) is 30.7 Å². The SMILES string of the molecule is C[C@](N)(Cc1ccc(O)c(O)c1)C(=O)O.Nc1ccn([C@H]2CS[C@@H](CO)O2)c(=O)n1.[Cl][Hg][Cl]. The number of hydrogen-bond donors (Lipinski definition) is 6. The van der Waals surface area contributed by atoms with Crippen LogP contribution >= 0.6 is 28.3 Å².